The van der Waals surface area contributed by atoms with Gasteiger partial charge < -0.3 is 59.5 Å². The molecule has 2 fully saturated rings. The maximum absolute atomic E-state index is 4.92. The number of rotatable bonds is 0. The summed E-state index contributed by atoms with van der Waals surface area (Å²) in [6, 6.07) is 0. The molecule has 0 unspecified atom stereocenters. The molecule has 0 N–H and O–H groups in total. The largest absolute Gasteiger partial charge is 2.00 e. The van der Waals surface area contributed by atoms with Crippen molar-refractivity contribution in [3.63, 3.8) is 0 Å². The second kappa shape index (κ2) is 13.6. The summed E-state index contributed by atoms with van der Waals surface area (Å²) in [5.41, 5.74) is 0. The van der Waals surface area contributed by atoms with Crippen molar-refractivity contribution in [3.05, 3.63) is 0 Å². The zero-order valence-electron chi connectivity index (χ0n) is 12.5. The Hall–Kier alpha value is 1.14. The van der Waals surface area contributed by atoms with Crippen LogP contribution in [0.15, 0.2) is 0 Å². The van der Waals surface area contributed by atoms with Gasteiger partial charge in [0.2, 0.25) is 0 Å². The molecule has 2 nitrogen and oxygen atoms in total. The summed E-state index contributed by atoms with van der Waals surface area (Å²) < 4.78 is 1.31. The molecular weight excluding hydrogens is 532 g/mol. The normalized spacial score (nSPS) is 19.2. The van der Waals surface area contributed by atoms with Gasteiger partial charge in [-0.2, -0.15) is 0 Å². The number of hydrogen-bond donors (Lipinski definition) is 0. The average molecular weight is 556 g/mol. The molecular formula is C14H24N2PbS4. The molecule has 0 atom stereocenters. The van der Waals surface area contributed by atoms with E-state index in [0.717, 1.165) is 26.2 Å². The monoisotopic (exact) mass is 556 g/mol. The van der Waals surface area contributed by atoms with E-state index in [9.17, 15) is 0 Å². The van der Waals surface area contributed by atoms with Crippen molar-refractivity contribution in [2.45, 2.75) is 51.4 Å². The van der Waals surface area contributed by atoms with Crippen molar-refractivity contribution in [2.75, 3.05) is 26.2 Å². The van der Waals surface area contributed by atoms with Gasteiger partial charge in [-0.1, -0.05) is 34.3 Å². The summed E-state index contributed by atoms with van der Waals surface area (Å²) in [7, 11) is 0. The third-order valence-corrected chi connectivity index (χ3v) is 4.76. The van der Waals surface area contributed by atoms with Crippen LogP contribution in [0, 0.1) is 0 Å². The third-order valence-electron chi connectivity index (χ3n) is 3.73. The van der Waals surface area contributed by atoms with E-state index < -0.39 is 0 Å². The van der Waals surface area contributed by atoms with Gasteiger partial charge >= 0.3 is 27.3 Å². The first-order chi connectivity index (χ1) is 9.61. The van der Waals surface area contributed by atoms with Crippen molar-refractivity contribution in [2.24, 2.45) is 0 Å². The molecule has 2 aliphatic heterocycles. The van der Waals surface area contributed by atoms with Crippen LogP contribution >= 0.6 is 24.4 Å². The fraction of sp³-hybridized carbons (Fsp3) is 0.857. The first kappa shape index (κ1) is 22.1. The van der Waals surface area contributed by atoms with Crippen LogP contribution in [-0.4, -0.2) is 71.9 Å². The van der Waals surface area contributed by atoms with Gasteiger partial charge in [-0.25, -0.2) is 0 Å². The van der Waals surface area contributed by atoms with Gasteiger partial charge in [0, 0.05) is 26.2 Å². The van der Waals surface area contributed by atoms with Crippen molar-refractivity contribution in [1.82, 2.24) is 9.80 Å². The minimum atomic E-state index is 0. The van der Waals surface area contributed by atoms with Crippen LogP contribution < -0.4 is 0 Å². The Morgan fingerprint density at radius 1 is 0.571 bits per heavy atom. The van der Waals surface area contributed by atoms with E-state index >= 15 is 0 Å². The average Bonchev–Trinajstić information content (AvgIpc) is 2.84. The summed E-state index contributed by atoms with van der Waals surface area (Å²) >= 11 is 19.7. The Kier molecular flexibility index (Phi) is 14.3. The summed E-state index contributed by atoms with van der Waals surface area (Å²) in [6.07, 6.45) is 10.4. The van der Waals surface area contributed by atoms with E-state index in [4.69, 9.17) is 49.7 Å². The zero-order chi connectivity index (χ0) is 14.8. The topological polar surface area (TPSA) is 6.48 Å². The Balaban J connectivity index is 0.000000364. The van der Waals surface area contributed by atoms with Crippen LogP contribution in [0.5, 0.6) is 0 Å². The van der Waals surface area contributed by atoms with Crippen molar-refractivity contribution < 1.29 is 0 Å². The fourth-order valence-electron chi connectivity index (χ4n) is 2.51. The Morgan fingerprint density at radius 3 is 1.00 bits per heavy atom. The van der Waals surface area contributed by atoms with Gasteiger partial charge in [0.15, 0.2) is 0 Å². The van der Waals surface area contributed by atoms with Crippen LogP contribution in [0.1, 0.15) is 51.4 Å². The summed E-state index contributed by atoms with van der Waals surface area (Å²) in [5, 5.41) is 0. The molecule has 0 aromatic rings. The summed E-state index contributed by atoms with van der Waals surface area (Å²) in [6.45, 7) is 4.34. The number of likely N-dealkylation sites (tertiary alicyclic amines) is 2. The molecule has 0 amide bonds. The van der Waals surface area contributed by atoms with E-state index in [1.807, 2.05) is 0 Å². The fourth-order valence-corrected chi connectivity index (χ4v) is 3.24. The SMILES string of the molecule is S=C([S-])N1CCCCCC1.S=C([S-])N1CCCCCC1.[Pb+2]. The number of hydrogen-bond acceptors (Lipinski definition) is 4. The zero-order valence-corrected chi connectivity index (χ0v) is 19.7. The van der Waals surface area contributed by atoms with Crippen molar-refractivity contribution in [1.29, 1.82) is 0 Å². The molecule has 0 aliphatic carbocycles. The minimum absolute atomic E-state index is 0. The van der Waals surface area contributed by atoms with Gasteiger partial charge in [-0.15, -0.1) is 0 Å². The molecule has 2 saturated heterocycles. The summed E-state index contributed by atoms with van der Waals surface area (Å²) in [5.74, 6) is 0. The second-order valence-electron chi connectivity index (χ2n) is 5.33. The minimum Gasteiger partial charge on any atom is -0.411 e. The Morgan fingerprint density at radius 2 is 0.810 bits per heavy atom. The molecule has 2 heterocycles. The van der Waals surface area contributed by atoms with Crippen LogP contribution in [0.3, 0.4) is 0 Å². The molecule has 118 valence electrons. The van der Waals surface area contributed by atoms with Crippen molar-refractivity contribution >= 4 is 85.6 Å². The molecule has 7 heteroatoms. The maximum Gasteiger partial charge on any atom is 2.00 e. The first-order valence-electron chi connectivity index (χ1n) is 7.53. The smallest absolute Gasteiger partial charge is 0.411 e. The van der Waals surface area contributed by atoms with E-state index in [0.29, 0.717) is 8.64 Å². The molecule has 0 saturated carbocycles. The van der Waals surface area contributed by atoms with Crippen LogP contribution in [0.4, 0.5) is 0 Å². The van der Waals surface area contributed by atoms with Crippen molar-refractivity contribution in [3.8, 4) is 0 Å². The van der Waals surface area contributed by atoms with Crippen LogP contribution in [-0.2, 0) is 25.3 Å². The number of nitrogens with zero attached hydrogens (tertiary/aromatic N) is 2. The van der Waals surface area contributed by atoms with Gasteiger partial charge in [0.25, 0.3) is 0 Å². The molecule has 2 radical (unpaired) electrons. The molecule has 2 rings (SSSR count). The van der Waals surface area contributed by atoms with E-state index in [2.05, 4.69) is 9.80 Å². The second-order valence-corrected chi connectivity index (χ2v) is 7.40. The van der Waals surface area contributed by atoms with Gasteiger partial charge in [0.05, 0.1) is 0 Å². The molecule has 2 aliphatic rings. The number of thiocarbonyl (C=S) groups is 2. The van der Waals surface area contributed by atoms with E-state index in [1.54, 1.807) is 0 Å². The van der Waals surface area contributed by atoms with Gasteiger partial charge in [-0.05, 0) is 25.7 Å². The molecule has 21 heavy (non-hydrogen) atoms. The summed E-state index contributed by atoms with van der Waals surface area (Å²) in [4.78, 5) is 4.27. The Bertz CT molecular complexity index is 269. The Labute approximate surface area is 171 Å². The molecule has 0 bridgehead atoms. The van der Waals surface area contributed by atoms with Crippen LogP contribution in [0.2, 0.25) is 0 Å². The molecule has 0 aromatic heterocycles. The maximum atomic E-state index is 4.92. The first-order valence-corrected chi connectivity index (χ1v) is 9.16. The molecule has 0 spiro atoms. The predicted molar refractivity (Wildman–Crippen MR) is 106 cm³/mol. The quantitative estimate of drug-likeness (QED) is 0.256. The van der Waals surface area contributed by atoms with Gasteiger partial charge in [-0.3, -0.25) is 0 Å². The van der Waals surface area contributed by atoms with E-state index in [-0.39, 0.29) is 27.3 Å². The third kappa shape index (κ3) is 10.5. The van der Waals surface area contributed by atoms with Crippen LogP contribution in [0.25, 0.3) is 0 Å². The molecule has 0 aromatic carbocycles. The van der Waals surface area contributed by atoms with Gasteiger partial charge in [0.1, 0.15) is 0 Å². The standard InChI is InChI=1S/2C7H13NS2.Pb/c2*9-7(10)8-5-3-1-2-4-6-8;/h2*1-6H2,(H,9,10);/q;;+2/p-2. The van der Waals surface area contributed by atoms with E-state index in [1.165, 1.54) is 51.4 Å². The predicted octanol–water partition coefficient (Wildman–Crippen LogP) is 3.01.